The first-order valence-corrected chi connectivity index (χ1v) is 3.18. The molecular weight excluding hydrogens is 251 g/mol. The van der Waals surface area contributed by atoms with Crippen molar-refractivity contribution in [3.8, 4) is 0 Å². The van der Waals surface area contributed by atoms with Gasteiger partial charge in [0.15, 0.2) is 0 Å². The predicted molar refractivity (Wildman–Crippen MR) is 20.3 cm³/mol. The molecule has 0 aliphatic rings. The van der Waals surface area contributed by atoms with Crippen molar-refractivity contribution in [1.82, 2.24) is 0 Å². The Labute approximate surface area is 70.1 Å². The van der Waals surface area contributed by atoms with Crippen molar-refractivity contribution >= 4 is 4.16 Å². The quantitative estimate of drug-likeness (QED) is 0.452. The van der Waals surface area contributed by atoms with Crippen LogP contribution < -0.4 is 0 Å². The molecule has 0 amide bonds. The summed E-state index contributed by atoms with van der Waals surface area (Å²) in [4.78, 5) is 0. The molecule has 0 radical (unpaired) electrons. The number of halogens is 1. The molecule has 0 fully saturated rings. The minimum atomic E-state index is 0. The van der Waals surface area contributed by atoms with E-state index in [2.05, 4.69) is 0 Å². The van der Waals surface area contributed by atoms with Gasteiger partial charge >= 0.3 is 49.4 Å². The van der Waals surface area contributed by atoms with Gasteiger partial charge in [-0.15, -0.1) is 0 Å². The van der Waals surface area contributed by atoms with Crippen LogP contribution >= 0.6 is 4.16 Å². The van der Waals surface area contributed by atoms with Crippen LogP contribution in [-0.2, 0) is 0 Å². The van der Waals surface area contributed by atoms with E-state index in [1.165, 1.54) is 45.2 Å². The zero-order valence-electron chi connectivity index (χ0n) is 2.76. The summed E-state index contributed by atoms with van der Waals surface area (Å²) in [5, 5.41) is 0. The zero-order valence-corrected chi connectivity index (χ0v) is 5.94. The van der Waals surface area contributed by atoms with Gasteiger partial charge in [-0.3, -0.25) is 0 Å². The van der Waals surface area contributed by atoms with Crippen molar-refractivity contribution in [3.63, 3.8) is 0 Å². The molecule has 6 heavy (non-hydrogen) atoms. The van der Waals surface area contributed by atoms with Crippen molar-refractivity contribution in [2.45, 2.75) is 0 Å². The van der Waals surface area contributed by atoms with Crippen LogP contribution in [0.2, 0.25) is 0 Å². The van der Waals surface area contributed by atoms with E-state index in [-0.39, 0.29) is 21.9 Å². The van der Waals surface area contributed by atoms with E-state index in [9.17, 15) is 0 Å². The Morgan fingerprint density at radius 2 is 0.667 bits per heavy atom. The Balaban J connectivity index is -0.000000000833. The predicted octanol–water partition coefficient (Wildman–Crippen LogP) is -2.61. The molecule has 0 spiro atoms. The Hall–Kier alpha value is 1.71. The molecular formula is H8ClEuO4. The van der Waals surface area contributed by atoms with Crippen LogP contribution in [0, 0.1) is 45.2 Å². The third kappa shape index (κ3) is 43.2. The fourth-order valence-corrected chi connectivity index (χ4v) is 0. The van der Waals surface area contributed by atoms with Crippen molar-refractivity contribution in [2.75, 3.05) is 0 Å². The summed E-state index contributed by atoms with van der Waals surface area (Å²) >= 11 is 1.19. The molecule has 0 unspecified atom stereocenters. The van der Waals surface area contributed by atoms with Gasteiger partial charge < -0.3 is 21.9 Å². The summed E-state index contributed by atoms with van der Waals surface area (Å²) in [5.74, 6) is 0. The van der Waals surface area contributed by atoms with Gasteiger partial charge in [-0.1, -0.05) is 0 Å². The van der Waals surface area contributed by atoms with E-state index in [0.717, 1.165) is 0 Å². The molecule has 0 heterocycles. The SMILES string of the molecule is O.O.O.O.[Cl][Eu]. The third-order valence-corrected chi connectivity index (χ3v) is 0. The van der Waals surface area contributed by atoms with E-state index in [4.69, 9.17) is 4.16 Å². The molecule has 0 saturated carbocycles. The Bertz CT molecular complexity index is 7.51. The summed E-state index contributed by atoms with van der Waals surface area (Å²) in [6.45, 7) is 0. The summed E-state index contributed by atoms with van der Waals surface area (Å²) in [5.41, 5.74) is 0. The molecule has 0 aromatic heterocycles. The zero-order chi connectivity index (χ0) is 2.00. The van der Waals surface area contributed by atoms with Crippen LogP contribution in [0.1, 0.15) is 0 Å². The molecule has 8 N–H and O–H groups in total. The molecule has 0 bridgehead atoms. The normalized spacial score (nSPS) is 1.00. The van der Waals surface area contributed by atoms with Gasteiger partial charge in [0.25, 0.3) is 0 Å². The van der Waals surface area contributed by atoms with E-state index in [1.54, 1.807) is 0 Å². The summed E-state index contributed by atoms with van der Waals surface area (Å²) in [7, 11) is 0. The van der Waals surface area contributed by atoms with Crippen LogP contribution in [0.4, 0.5) is 0 Å². The molecule has 0 aliphatic carbocycles. The molecule has 0 aromatic carbocycles. The molecule has 0 atom stereocenters. The molecule has 46 valence electrons. The summed E-state index contributed by atoms with van der Waals surface area (Å²) in [6.07, 6.45) is 0. The minimum absolute atomic E-state index is 0. The first-order valence-electron chi connectivity index (χ1n) is 0.143. The van der Waals surface area contributed by atoms with Crippen LogP contribution in [0.25, 0.3) is 0 Å². The van der Waals surface area contributed by atoms with E-state index in [1.807, 2.05) is 0 Å². The monoisotopic (exact) mass is 260 g/mol. The molecule has 6 heteroatoms. The standard InChI is InChI=1S/ClH.Eu.4H2O/h1H;;4*1H2/q;+1;;;;/p-1. The molecule has 4 nitrogen and oxygen atoms in total. The van der Waals surface area contributed by atoms with Gasteiger partial charge in [0.2, 0.25) is 0 Å². The Kier molecular flexibility index (Phi) is 587. The molecule has 0 saturated heterocycles. The van der Waals surface area contributed by atoms with E-state index >= 15 is 0 Å². The Morgan fingerprint density at radius 3 is 0.667 bits per heavy atom. The van der Waals surface area contributed by atoms with Gasteiger partial charge in [0.1, 0.15) is 0 Å². The second-order valence-corrected chi connectivity index (χ2v) is 0. The average Bonchev–Trinajstić information content (AvgIpc) is 1.00. The first kappa shape index (κ1) is 47.2. The van der Waals surface area contributed by atoms with Gasteiger partial charge in [0, 0.05) is 0 Å². The van der Waals surface area contributed by atoms with Crippen molar-refractivity contribution in [2.24, 2.45) is 0 Å². The van der Waals surface area contributed by atoms with Crippen LogP contribution in [0.15, 0.2) is 0 Å². The topological polar surface area (TPSA) is 126 Å². The first-order chi connectivity index (χ1) is 1.00. The number of hydrogen-bond acceptors (Lipinski definition) is 0. The molecule has 0 aromatic rings. The average molecular weight is 259 g/mol. The van der Waals surface area contributed by atoms with Crippen LogP contribution in [0.3, 0.4) is 0 Å². The van der Waals surface area contributed by atoms with E-state index in [0.29, 0.717) is 0 Å². The molecule has 0 rings (SSSR count). The Morgan fingerprint density at radius 1 is 0.667 bits per heavy atom. The number of hydrogen-bond donors (Lipinski definition) is 0. The fourth-order valence-electron chi connectivity index (χ4n) is 0. The van der Waals surface area contributed by atoms with Gasteiger partial charge in [0.05, 0.1) is 0 Å². The number of rotatable bonds is 0. The van der Waals surface area contributed by atoms with Crippen molar-refractivity contribution in [3.05, 3.63) is 0 Å². The second kappa shape index (κ2) is 74.6. The summed E-state index contributed by atoms with van der Waals surface area (Å²) in [6, 6.07) is 0. The summed E-state index contributed by atoms with van der Waals surface area (Å²) < 4.78 is 4.69. The van der Waals surface area contributed by atoms with Crippen molar-refractivity contribution < 1.29 is 67.1 Å². The van der Waals surface area contributed by atoms with Crippen molar-refractivity contribution in [1.29, 1.82) is 0 Å². The van der Waals surface area contributed by atoms with Gasteiger partial charge in [-0.2, -0.15) is 0 Å². The fraction of sp³-hybridized carbons (Fsp3) is 0. The maximum absolute atomic E-state index is 4.69. The molecule has 0 aliphatic heterocycles. The second-order valence-electron chi connectivity index (χ2n) is 0. The van der Waals surface area contributed by atoms with Gasteiger partial charge in [-0.05, 0) is 0 Å². The maximum atomic E-state index is 4.69. The van der Waals surface area contributed by atoms with Gasteiger partial charge in [-0.25, -0.2) is 0 Å². The third-order valence-electron chi connectivity index (χ3n) is 0. The van der Waals surface area contributed by atoms with Crippen LogP contribution in [0.5, 0.6) is 0 Å². The van der Waals surface area contributed by atoms with E-state index < -0.39 is 0 Å². The van der Waals surface area contributed by atoms with Crippen LogP contribution in [-0.4, -0.2) is 21.9 Å².